The number of esters is 2. The number of rotatable bonds is 6. The third kappa shape index (κ3) is 3.90. The minimum absolute atomic E-state index is 0.160. The molecule has 0 amide bonds. The van der Waals surface area contributed by atoms with Crippen LogP contribution in [0, 0.1) is 5.41 Å². The fraction of sp³-hybridized carbons (Fsp3) is 0.500. The maximum absolute atomic E-state index is 11.9. The molecule has 0 N–H and O–H groups in total. The third-order valence-electron chi connectivity index (χ3n) is 2.49. The first-order chi connectivity index (χ1) is 8.44. The minimum Gasteiger partial charge on any atom is -0.468 e. The van der Waals surface area contributed by atoms with Crippen LogP contribution < -0.4 is 0 Å². The lowest BCUT2D eigenvalue weighted by Gasteiger charge is -2.25. The molecule has 0 bridgehead atoms. The SMILES string of the molecule is C=CCC(CC=C=C(C)C)(C(=O)OC)C(=O)OC. The second-order valence-electron chi connectivity index (χ2n) is 4.11. The Morgan fingerprint density at radius 2 is 1.67 bits per heavy atom. The van der Waals surface area contributed by atoms with Crippen molar-refractivity contribution in [2.45, 2.75) is 26.7 Å². The van der Waals surface area contributed by atoms with Gasteiger partial charge in [0.05, 0.1) is 14.2 Å². The third-order valence-corrected chi connectivity index (χ3v) is 2.49. The first-order valence-corrected chi connectivity index (χ1v) is 5.60. The highest BCUT2D eigenvalue weighted by Crippen LogP contribution is 2.31. The molecule has 0 aromatic carbocycles. The maximum atomic E-state index is 11.9. The lowest BCUT2D eigenvalue weighted by molar-refractivity contribution is -0.168. The molecule has 0 heterocycles. The van der Waals surface area contributed by atoms with Crippen molar-refractivity contribution >= 4 is 11.9 Å². The summed E-state index contributed by atoms with van der Waals surface area (Å²) in [4.78, 5) is 23.7. The predicted molar refractivity (Wildman–Crippen MR) is 68.8 cm³/mol. The molecule has 0 atom stereocenters. The zero-order valence-electron chi connectivity index (χ0n) is 11.4. The molecule has 0 aliphatic heterocycles. The van der Waals surface area contributed by atoms with Crippen molar-refractivity contribution in [1.29, 1.82) is 0 Å². The Morgan fingerprint density at radius 1 is 1.17 bits per heavy atom. The van der Waals surface area contributed by atoms with Crippen LogP contribution >= 0.6 is 0 Å². The van der Waals surface area contributed by atoms with Gasteiger partial charge in [0.15, 0.2) is 5.41 Å². The van der Waals surface area contributed by atoms with Crippen LogP contribution in [0.5, 0.6) is 0 Å². The molecule has 0 unspecified atom stereocenters. The quantitative estimate of drug-likeness (QED) is 0.315. The van der Waals surface area contributed by atoms with Gasteiger partial charge in [-0.3, -0.25) is 9.59 Å². The Hall–Kier alpha value is -1.80. The molecule has 0 aliphatic carbocycles. The van der Waals surface area contributed by atoms with Gasteiger partial charge >= 0.3 is 11.9 Å². The fourth-order valence-electron chi connectivity index (χ4n) is 1.57. The molecular weight excluding hydrogens is 232 g/mol. The number of methoxy groups -OCH3 is 2. The van der Waals surface area contributed by atoms with Gasteiger partial charge < -0.3 is 9.47 Å². The van der Waals surface area contributed by atoms with Gasteiger partial charge in [-0.2, -0.15) is 0 Å². The highest BCUT2D eigenvalue weighted by Gasteiger charge is 2.46. The van der Waals surface area contributed by atoms with E-state index in [1.165, 1.54) is 20.3 Å². The molecule has 0 aromatic heterocycles. The molecule has 0 spiro atoms. The van der Waals surface area contributed by atoms with Gasteiger partial charge in [-0.15, -0.1) is 12.3 Å². The normalized spacial score (nSPS) is 10.0. The number of hydrogen-bond donors (Lipinski definition) is 0. The van der Waals surface area contributed by atoms with Gasteiger partial charge in [0.25, 0.3) is 0 Å². The summed E-state index contributed by atoms with van der Waals surface area (Å²) >= 11 is 0. The molecule has 0 saturated carbocycles. The van der Waals surface area contributed by atoms with E-state index >= 15 is 0 Å². The second kappa shape index (κ2) is 7.51. The largest absolute Gasteiger partial charge is 0.468 e. The summed E-state index contributed by atoms with van der Waals surface area (Å²) < 4.78 is 9.41. The minimum atomic E-state index is -1.37. The Kier molecular flexibility index (Phi) is 6.76. The molecular formula is C14H20O4. The van der Waals surface area contributed by atoms with E-state index < -0.39 is 17.4 Å². The van der Waals surface area contributed by atoms with Gasteiger partial charge in [0, 0.05) is 0 Å². The van der Waals surface area contributed by atoms with Crippen LogP contribution in [0.1, 0.15) is 26.7 Å². The summed E-state index contributed by atoms with van der Waals surface area (Å²) in [5.74, 6) is -1.25. The van der Waals surface area contributed by atoms with Gasteiger partial charge in [-0.25, -0.2) is 0 Å². The molecule has 0 saturated heterocycles. The molecule has 4 nitrogen and oxygen atoms in total. The summed E-state index contributed by atoms with van der Waals surface area (Å²) in [5.41, 5.74) is 2.55. The van der Waals surface area contributed by atoms with E-state index in [-0.39, 0.29) is 12.8 Å². The van der Waals surface area contributed by atoms with Crippen LogP contribution in [0.3, 0.4) is 0 Å². The molecule has 0 aromatic rings. The van der Waals surface area contributed by atoms with E-state index in [0.29, 0.717) is 0 Å². The number of ether oxygens (including phenoxy) is 2. The van der Waals surface area contributed by atoms with Crippen LogP contribution in [0.15, 0.2) is 30.0 Å². The van der Waals surface area contributed by atoms with E-state index in [9.17, 15) is 9.59 Å². The van der Waals surface area contributed by atoms with Gasteiger partial charge in [0.2, 0.25) is 0 Å². The number of hydrogen-bond acceptors (Lipinski definition) is 4. The van der Waals surface area contributed by atoms with Crippen molar-refractivity contribution in [3.05, 3.63) is 30.0 Å². The lowest BCUT2D eigenvalue weighted by atomic mass is 9.81. The van der Waals surface area contributed by atoms with Crippen molar-refractivity contribution in [3.63, 3.8) is 0 Å². The van der Waals surface area contributed by atoms with Crippen LogP contribution in [0.25, 0.3) is 0 Å². The van der Waals surface area contributed by atoms with E-state index in [4.69, 9.17) is 9.47 Å². The zero-order chi connectivity index (χ0) is 14.2. The summed E-state index contributed by atoms with van der Waals surface area (Å²) in [7, 11) is 2.49. The van der Waals surface area contributed by atoms with Crippen LogP contribution in [-0.4, -0.2) is 26.2 Å². The van der Waals surface area contributed by atoms with Crippen molar-refractivity contribution < 1.29 is 19.1 Å². The fourth-order valence-corrected chi connectivity index (χ4v) is 1.57. The smallest absolute Gasteiger partial charge is 0.323 e. The van der Waals surface area contributed by atoms with E-state index in [1.54, 1.807) is 6.08 Å². The number of allylic oxidation sites excluding steroid dienone is 2. The van der Waals surface area contributed by atoms with Crippen molar-refractivity contribution in [1.82, 2.24) is 0 Å². The molecule has 100 valence electrons. The first kappa shape index (κ1) is 16.2. The first-order valence-electron chi connectivity index (χ1n) is 5.60. The van der Waals surface area contributed by atoms with Crippen molar-refractivity contribution in [2.75, 3.05) is 14.2 Å². The molecule has 18 heavy (non-hydrogen) atoms. The molecule has 0 rings (SSSR count). The van der Waals surface area contributed by atoms with Gasteiger partial charge in [0.1, 0.15) is 0 Å². The Labute approximate surface area is 108 Å². The highest BCUT2D eigenvalue weighted by atomic mass is 16.5. The zero-order valence-corrected chi connectivity index (χ0v) is 11.4. The van der Waals surface area contributed by atoms with E-state index in [2.05, 4.69) is 12.3 Å². The average molecular weight is 252 g/mol. The van der Waals surface area contributed by atoms with Gasteiger partial charge in [-0.05, 0) is 38.3 Å². The van der Waals surface area contributed by atoms with E-state index in [1.807, 2.05) is 13.8 Å². The van der Waals surface area contributed by atoms with Crippen LogP contribution in [0.4, 0.5) is 0 Å². The van der Waals surface area contributed by atoms with E-state index in [0.717, 1.165) is 5.57 Å². The second-order valence-corrected chi connectivity index (χ2v) is 4.11. The molecule has 0 aliphatic rings. The Bertz CT molecular complexity index is 367. The standard InChI is InChI=1S/C14H20O4/c1-6-9-14(12(15)17-4,13(16)18-5)10-7-8-11(2)3/h6-7H,1,9-10H2,2-5H3. The lowest BCUT2D eigenvalue weighted by Crippen LogP contribution is -2.40. The topological polar surface area (TPSA) is 52.6 Å². The number of carbonyl (C=O) groups excluding carboxylic acids is 2. The molecule has 0 fully saturated rings. The highest BCUT2D eigenvalue weighted by molar-refractivity contribution is 6.00. The van der Waals surface area contributed by atoms with Crippen molar-refractivity contribution in [2.24, 2.45) is 5.41 Å². The molecule has 4 heteroatoms. The summed E-state index contributed by atoms with van der Waals surface area (Å²) in [5, 5.41) is 0. The monoisotopic (exact) mass is 252 g/mol. The summed E-state index contributed by atoms with van der Waals surface area (Å²) in [6.07, 6.45) is 3.48. The number of carbonyl (C=O) groups is 2. The van der Waals surface area contributed by atoms with Crippen LogP contribution in [0.2, 0.25) is 0 Å². The Morgan fingerprint density at radius 3 is 2.00 bits per heavy atom. The average Bonchev–Trinajstić information content (AvgIpc) is 2.35. The molecule has 0 radical (unpaired) electrons. The summed E-state index contributed by atoms with van der Waals surface area (Å²) in [6, 6.07) is 0. The Balaban J connectivity index is 5.46. The van der Waals surface area contributed by atoms with Gasteiger partial charge in [-0.1, -0.05) is 6.08 Å². The van der Waals surface area contributed by atoms with Crippen LogP contribution in [-0.2, 0) is 19.1 Å². The van der Waals surface area contributed by atoms with Crippen molar-refractivity contribution in [3.8, 4) is 0 Å². The maximum Gasteiger partial charge on any atom is 0.323 e. The predicted octanol–water partition coefficient (Wildman–Crippen LogP) is 2.41. The summed E-state index contributed by atoms with van der Waals surface area (Å²) in [6.45, 7) is 7.32.